The number of hydrogen-bond acceptors (Lipinski definition) is 6. The Morgan fingerprint density at radius 1 is 1.38 bits per heavy atom. The van der Waals surface area contributed by atoms with Gasteiger partial charge < -0.3 is 11.1 Å². The molecule has 1 aliphatic carbocycles. The second-order valence-electron chi connectivity index (χ2n) is 5.85. The van der Waals surface area contributed by atoms with Gasteiger partial charge in [-0.05, 0) is 18.3 Å². The van der Waals surface area contributed by atoms with Crippen LogP contribution < -0.4 is 11.1 Å². The van der Waals surface area contributed by atoms with Crippen LogP contribution in [0.2, 0.25) is 0 Å². The molecule has 1 heterocycles. The minimum atomic E-state index is -3.46. The zero-order valence-corrected chi connectivity index (χ0v) is 14.3. The number of thiophene rings is 1. The Kier molecular flexibility index (Phi) is 4.35. The lowest BCUT2D eigenvalue weighted by atomic mass is 10.1. The lowest BCUT2D eigenvalue weighted by Gasteiger charge is -2.11. The van der Waals surface area contributed by atoms with Gasteiger partial charge in [-0.1, -0.05) is 20.8 Å². The van der Waals surface area contributed by atoms with Crippen LogP contribution in [0.1, 0.15) is 49.7 Å². The molecule has 1 aromatic rings. The molecule has 0 aliphatic heterocycles. The Balaban J connectivity index is 2.43. The predicted octanol–water partition coefficient (Wildman–Crippen LogP) is 2.93. The molecule has 0 atom stereocenters. The number of nitrogens with two attached hydrogens (primary N) is 1. The fourth-order valence-electron chi connectivity index (χ4n) is 2.05. The van der Waals surface area contributed by atoms with E-state index in [1.165, 1.54) is 0 Å². The van der Waals surface area contributed by atoms with E-state index in [2.05, 4.69) is 12.2 Å². The maximum atomic E-state index is 12.3. The first-order valence-electron chi connectivity index (χ1n) is 7.16. The van der Waals surface area contributed by atoms with E-state index in [9.17, 15) is 13.2 Å². The van der Waals surface area contributed by atoms with Crippen LogP contribution in [-0.2, 0) is 9.84 Å². The van der Waals surface area contributed by atoms with Crippen molar-refractivity contribution in [3.63, 3.8) is 0 Å². The van der Waals surface area contributed by atoms with E-state index in [-0.39, 0.29) is 27.5 Å². The third kappa shape index (κ3) is 3.23. The number of carbonyl (C=O) groups excluding carboxylic acids is 1. The average molecular weight is 330 g/mol. The maximum Gasteiger partial charge on any atom is 0.183 e. The summed E-state index contributed by atoms with van der Waals surface area (Å²) in [5, 5.41) is 3.72. The number of hydrogen-bond donors (Lipinski definition) is 2. The first-order chi connectivity index (χ1) is 9.74. The summed E-state index contributed by atoms with van der Waals surface area (Å²) in [4.78, 5) is 12.4. The zero-order valence-electron chi connectivity index (χ0n) is 12.7. The van der Waals surface area contributed by atoms with Crippen molar-refractivity contribution in [1.29, 1.82) is 0 Å². The third-order valence-electron chi connectivity index (χ3n) is 3.94. The molecule has 1 aromatic heterocycles. The standard InChI is InChI=1S/C14H22N2O3S2/c1-4-9(17)11-10(15)12(21(18,19)5-2)13(20-11)16-8-14(3)6-7-14/h16H,4-8,15H2,1-3H3. The van der Waals surface area contributed by atoms with Gasteiger partial charge in [0.25, 0.3) is 0 Å². The molecular weight excluding hydrogens is 308 g/mol. The van der Waals surface area contributed by atoms with Crippen LogP contribution in [0.5, 0.6) is 0 Å². The maximum absolute atomic E-state index is 12.3. The Hall–Kier alpha value is -1.08. The lowest BCUT2D eigenvalue weighted by Crippen LogP contribution is -2.14. The molecule has 5 nitrogen and oxygen atoms in total. The fraction of sp³-hybridized carbons (Fsp3) is 0.643. The van der Waals surface area contributed by atoms with Gasteiger partial charge in [-0.2, -0.15) is 0 Å². The Morgan fingerprint density at radius 2 is 2.00 bits per heavy atom. The summed E-state index contributed by atoms with van der Waals surface area (Å²) in [7, 11) is -3.46. The summed E-state index contributed by atoms with van der Waals surface area (Å²) in [6.07, 6.45) is 2.59. The van der Waals surface area contributed by atoms with Crippen LogP contribution in [0.25, 0.3) is 0 Å². The van der Waals surface area contributed by atoms with Crippen LogP contribution in [0, 0.1) is 5.41 Å². The van der Waals surface area contributed by atoms with Gasteiger partial charge in [-0.15, -0.1) is 11.3 Å². The molecule has 0 radical (unpaired) electrons. The molecule has 0 unspecified atom stereocenters. The number of rotatable bonds is 7. The first-order valence-corrected chi connectivity index (χ1v) is 9.63. The van der Waals surface area contributed by atoms with Crippen molar-refractivity contribution < 1.29 is 13.2 Å². The van der Waals surface area contributed by atoms with Gasteiger partial charge in [0.1, 0.15) is 9.90 Å². The fourth-order valence-corrected chi connectivity index (χ4v) is 4.72. The van der Waals surface area contributed by atoms with E-state index in [1.54, 1.807) is 13.8 Å². The molecule has 1 fully saturated rings. The zero-order chi connectivity index (χ0) is 15.8. The van der Waals surface area contributed by atoms with E-state index in [1.807, 2.05) is 0 Å². The molecule has 1 aliphatic rings. The summed E-state index contributed by atoms with van der Waals surface area (Å²) >= 11 is 1.16. The van der Waals surface area contributed by atoms with Crippen molar-refractivity contribution in [2.45, 2.75) is 44.9 Å². The molecule has 1 saturated carbocycles. The summed E-state index contributed by atoms with van der Waals surface area (Å²) in [6.45, 7) is 6.19. The summed E-state index contributed by atoms with van der Waals surface area (Å²) in [5.74, 6) is -0.143. The molecule has 0 amide bonds. The van der Waals surface area contributed by atoms with Gasteiger partial charge in [0.05, 0.1) is 16.3 Å². The van der Waals surface area contributed by atoms with Crippen LogP contribution in [0.4, 0.5) is 10.7 Å². The Morgan fingerprint density at radius 3 is 2.48 bits per heavy atom. The molecule has 118 valence electrons. The highest BCUT2D eigenvalue weighted by Crippen LogP contribution is 2.46. The molecule has 0 saturated heterocycles. The minimum absolute atomic E-state index is 0.0281. The van der Waals surface area contributed by atoms with Crippen LogP contribution in [-0.4, -0.2) is 26.5 Å². The third-order valence-corrected chi connectivity index (χ3v) is 7.08. The van der Waals surface area contributed by atoms with Crippen LogP contribution in [0.15, 0.2) is 4.90 Å². The largest absolute Gasteiger partial charge is 0.396 e. The van der Waals surface area contributed by atoms with E-state index in [0.717, 1.165) is 24.2 Å². The van der Waals surface area contributed by atoms with Gasteiger partial charge in [0, 0.05) is 13.0 Å². The van der Waals surface area contributed by atoms with E-state index in [0.29, 0.717) is 22.8 Å². The van der Waals surface area contributed by atoms with Gasteiger partial charge >= 0.3 is 0 Å². The van der Waals surface area contributed by atoms with Crippen LogP contribution in [0.3, 0.4) is 0 Å². The second-order valence-corrected chi connectivity index (χ2v) is 9.08. The smallest absolute Gasteiger partial charge is 0.183 e. The Labute approximate surface area is 129 Å². The van der Waals surface area contributed by atoms with Crippen molar-refractivity contribution in [2.24, 2.45) is 5.41 Å². The van der Waals surface area contributed by atoms with Crippen molar-refractivity contribution >= 4 is 37.6 Å². The molecule has 21 heavy (non-hydrogen) atoms. The van der Waals surface area contributed by atoms with Crippen molar-refractivity contribution in [2.75, 3.05) is 23.3 Å². The molecule has 7 heteroatoms. The van der Waals surface area contributed by atoms with E-state index >= 15 is 0 Å². The first kappa shape index (κ1) is 16.3. The normalized spacial score (nSPS) is 16.7. The molecular formula is C14H22N2O3S2. The summed E-state index contributed by atoms with van der Waals surface area (Å²) < 4.78 is 24.6. The van der Waals surface area contributed by atoms with Gasteiger partial charge in [0.2, 0.25) is 0 Å². The number of carbonyl (C=O) groups is 1. The number of nitrogen functional groups attached to an aromatic ring is 1. The number of anilines is 2. The monoisotopic (exact) mass is 330 g/mol. The van der Waals surface area contributed by atoms with Crippen molar-refractivity contribution in [3.05, 3.63) is 4.88 Å². The highest BCUT2D eigenvalue weighted by atomic mass is 32.2. The summed E-state index contributed by atoms with van der Waals surface area (Å²) in [5.41, 5.74) is 6.31. The van der Waals surface area contributed by atoms with Crippen molar-refractivity contribution in [3.8, 4) is 0 Å². The molecule has 0 bridgehead atoms. The SMILES string of the molecule is CCC(=O)c1sc(NCC2(C)CC2)c(S(=O)(=O)CC)c1N. The quantitative estimate of drug-likeness (QED) is 0.750. The van der Waals surface area contributed by atoms with Crippen molar-refractivity contribution in [1.82, 2.24) is 0 Å². The average Bonchev–Trinajstić information content (AvgIpc) is 3.08. The predicted molar refractivity (Wildman–Crippen MR) is 86.9 cm³/mol. The van der Waals surface area contributed by atoms with E-state index < -0.39 is 9.84 Å². The number of sulfone groups is 1. The number of nitrogens with one attached hydrogen (secondary N) is 1. The topological polar surface area (TPSA) is 89.3 Å². The molecule has 2 rings (SSSR count). The van der Waals surface area contributed by atoms with Gasteiger partial charge in [-0.25, -0.2) is 8.42 Å². The number of ketones is 1. The minimum Gasteiger partial charge on any atom is -0.396 e. The second kappa shape index (κ2) is 5.61. The molecule has 0 aromatic carbocycles. The van der Waals surface area contributed by atoms with Crippen LogP contribution >= 0.6 is 11.3 Å². The molecule has 0 spiro atoms. The van der Waals surface area contributed by atoms with Gasteiger partial charge in [-0.3, -0.25) is 4.79 Å². The molecule has 3 N–H and O–H groups in total. The van der Waals surface area contributed by atoms with Gasteiger partial charge in [0.15, 0.2) is 15.6 Å². The van der Waals surface area contributed by atoms with E-state index in [4.69, 9.17) is 5.73 Å². The highest BCUT2D eigenvalue weighted by molar-refractivity contribution is 7.91. The summed E-state index contributed by atoms with van der Waals surface area (Å²) in [6, 6.07) is 0. The lowest BCUT2D eigenvalue weighted by molar-refractivity contribution is 0.0992. The highest BCUT2D eigenvalue weighted by Gasteiger charge is 2.38. The Bertz CT molecular complexity index is 658. The number of Topliss-reactive ketones (excluding diaryl/α,β-unsaturated/α-hetero) is 1.